The van der Waals surface area contributed by atoms with Gasteiger partial charge in [-0.2, -0.15) is 0 Å². The van der Waals surface area contributed by atoms with Gasteiger partial charge in [0, 0.05) is 25.1 Å². The van der Waals surface area contributed by atoms with E-state index in [1.54, 1.807) is 6.07 Å². The molecule has 1 saturated heterocycles. The zero-order chi connectivity index (χ0) is 17.2. The summed E-state index contributed by atoms with van der Waals surface area (Å²) in [5.41, 5.74) is 1.21. The van der Waals surface area contributed by atoms with E-state index in [1.807, 2.05) is 36.9 Å². The number of hydrogen-bond acceptors (Lipinski definition) is 4. The van der Waals surface area contributed by atoms with E-state index in [4.69, 9.17) is 4.52 Å². The summed E-state index contributed by atoms with van der Waals surface area (Å²) in [4.78, 5) is 14.4. The van der Waals surface area contributed by atoms with Crippen molar-refractivity contribution >= 4 is 5.91 Å². The van der Waals surface area contributed by atoms with Crippen LogP contribution in [0, 0.1) is 12.8 Å². The van der Waals surface area contributed by atoms with Gasteiger partial charge in [0.1, 0.15) is 5.76 Å². The fourth-order valence-electron chi connectivity index (χ4n) is 3.29. The molecule has 1 aromatic carbocycles. The number of likely N-dealkylation sites (tertiary alicyclic amines) is 1. The molecule has 0 bridgehead atoms. The van der Waals surface area contributed by atoms with Gasteiger partial charge in [-0.15, -0.1) is 0 Å². The Morgan fingerprint density at radius 1 is 1.42 bits per heavy atom. The van der Waals surface area contributed by atoms with Crippen LogP contribution in [0.5, 0.6) is 0 Å². The van der Waals surface area contributed by atoms with Crippen molar-refractivity contribution in [2.24, 2.45) is 5.92 Å². The summed E-state index contributed by atoms with van der Waals surface area (Å²) >= 11 is 0. The number of aryl methyl sites for hydroxylation is 1. The molecule has 24 heavy (non-hydrogen) atoms. The summed E-state index contributed by atoms with van der Waals surface area (Å²) in [6.07, 6.45) is 1.58. The van der Waals surface area contributed by atoms with E-state index in [9.17, 15) is 9.90 Å². The predicted octanol–water partition coefficient (Wildman–Crippen LogP) is 2.37. The quantitative estimate of drug-likeness (QED) is 0.936. The van der Waals surface area contributed by atoms with Gasteiger partial charge in [-0.05, 0) is 32.3 Å². The Kier molecular flexibility index (Phi) is 4.71. The Hall–Kier alpha value is -2.14. The molecule has 2 atom stereocenters. The Labute approximate surface area is 142 Å². The number of rotatable bonds is 4. The van der Waals surface area contributed by atoms with Gasteiger partial charge >= 0.3 is 0 Å². The minimum absolute atomic E-state index is 0.0223. The van der Waals surface area contributed by atoms with E-state index < -0.39 is 5.60 Å². The molecule has 128 valence electrons. The fourth-order valence-corrected chi connectivity index (χ4v) is 3.29. The van der Waals surface area contributed by atoms with Crippen molar-refractivity contribution in [3.63, 3.8) is 0 Å². The molecule has 2 aromatic rings. The van der Waals surface area contributed by atoms with Crippen LogP contribution >= 0.6 is 0 Å². The van der Waals surface area contributed by atoms with Crippen molar-refractivity contribution in [2.75, 3.05) is 13.1 Å². The van der Waals surface area contributed by atoms with Crippen molar-refractivity contribution in [1.29, 1.82) is 0 Å². The first-order valence-corrected chi connectivity index (χ1v) is 8.40. The lowest BCUT2D eigenvalue weighted by atomic mass is 9.78. The minimum atomic E-state index is -0.755. The molecule has 1 aliphatic rings. The van der Waals surface area contributed by atoms with Crippen molar-refractivity contribution in [3.8, 4) is 0 Å². The van der Waals surface area contributed by atoms with E-state index in [0.717, 1.165) is 12.1 Å². The van der Waals surface area contributed by atoms with Gasteiger partial charge in [0.05, 0.1) is 17.7 Å². The van der Waals surface area contributed by atoms with Gasteiger partial charge in [0.2, 0.25) is 5.91 Å². The molecule has 0 unspecified atom stereocenters. The molecular weight excluding hydrogens is 304 g/mol. The van der Waals surface area contributed by atoms with Crippen LogP contribution < -0.4 is 0 Å². The average Bonchev–Trinajstić information content (AvgIpc) is 2.95. The van der Waals surface area contributed by atoms with Gasteiger partial charge in [0.25, 0.3) is 0 Å². The summed E-state index contributed by atoms with van der Waals surface area (Å²) in [6, 6.07) is 11.9. The lowest BCUT2D eigenvalue weighted by Crippen LogP contribution is -2.53. The minimum Gasteiger partial charge on any atom is -0.390 e. The van der Waals surface area contributed by atoms with Crippen molar-refractivity contribution in [2.45, 2.75) is 38.7 Å². The molecule has 3 rings (SSSR count). The summed E-state index contributed by atoms with van der Waals surface area (Å²) in [5.74, 6) is 0.642. The van der Waals surface area contributed by atoms with Gasteiger partial charge in [-0.25, -0.2) is 0 Å². The van der Waals surface area contributed by atoms with Gasteiger partial charge in [-0.1, -0.05) is 35.5 Å². The van der Waals surface area contributed by atoms with E-state index in [2.05, 4.69) is 17.3 Å². The number of benzene rings is 1. The number of aromatic nitrogens is 1. The highest BCUT2D eigenvalue weighted by Crippen LogP contribution is 2.30. The smallest absolute Gasteiger partial charge is 0.230 e. The molecule has 2 heterocycles. The highest BCUT2D eigenvalue weighted by molar-refractivity contribution is 5.78. The molecule has 0 spiro atoms. The number of aliphatic hydroxyl groups is 1. The molecule has 1 N–H and O–H groups in total. The van der Waals surface area contributed by atoms with Crippen molar-refractivity contribution < 1.29 is 14.4 Å². The summed E-state index contributed by atoms with van der Waals surface area (Å²) < 4.78 is 5.14. The largest absolute Gasteiger partial charge is 0.390 e. The Morgan fingerprint density at radius 2 is 2.17 bits per heavy atom. The van der Waals surface area contributed by atoms with Crippen LogP contribution in [0.2, 0.25) is 0 Å². The normalized spacial score (nSPS) is 24.1. The molecular formula is C19H24N2O3. The van der Waals surface area contributed by atoms with Crippen LogP contribution in [0.4, 0.5) is 0 Å². The molecule has 1 aromatic heterocycles. The predicted molar refractivity (Wildman–Crippen MR) is 90.4 cm³/mol. The summed E-state index contributed by atoms with van der Waals surface area (Å²) in [6.45, 7) is 4.85. The van der Waals surface area contributed by atoms with Crippen molar-refractivity contribution in [3.05, 3.63) is 53.4 Å². The molecule has 1 fully saturated rings. The second kappa shape index (κ2) is 6.77. The number of carbonyl (C=O) groups excluding carboxylic acids is 1. The first kappa shape index (κ1) is 16.7. The van der Waals surface area contributed by atoms with Crippen LogP contribution in [0.25, 0.3) is 0 Å². The first-order chi connectivity index (χ1) is 11.4. The van der Waals surface area contributed by atoms with Crippen LogP contribution in [-0.2, 0) is 17.6 Å². The summed E-state index contributed by atoms with van der Waals surface area (Å²) in [5, 5.41) is 14.5. The second-order valence-corrected chi connectivity index (χ2v) is 6.94. The molecule has 5 nitrogen and oxygen atoms in total. The number of nitrogens with zero attached hydrogens (tertiary/aromatic N) is 2. The highest BCUT2D eigenvalue weighted by atomic mass is 16.5. The van der Waals surface area contributed by atoms with Crippen LogP contribution in [0.3, 0.4) is 0 Å². The van der Waals surface area contributed by atoms with E-state index in [0.29, 0.717) is 25.3 Å². The lowest BCUT2D eigenvalue weighted by Gasteiger charge is -2.43. The first-order valence-electron chi connectivity index (χ1n) is 8.40. The number of piperidine rings is 1. The maximum absolute atomic E-state index is 12.5. The van der Waals surface area contributed by atoms with Crippen molar-refractivity contribution in [1.82, 2.24) is 10.1 Å². The van der Waals surface area contributed by atoms with Crippen LogP contribution in [-0.4, -0.2) is 39.8 Å². The Balaban J connectivity index is 1.67. The molecule has 5 heteroatoms. The zero-order valence-corrected chi connectivity index (χ0v) is 14.2. The molecule has 1 amide bonds. The highest BCUT2D eigenvalue weighted by Gasteiger charge is 2.38. The van der Waals surface area contributed by atoms with Gasteiger partial charge < -0.3 is 14.5 Å². The molecule has 0 radical (unpaired) electrons. The Bertz CT molecular complexity index is 694. The van der Waals surface area contributed by atoms with Crippen LogP contribution in [0.15, 0.2) is 40.9 Å². The van der Waals surface area contributed by atoms with E-state index in [-0.39, 0.29) is 18.2 Å². The Morgan fingerprint density at radius 3 is 2.83 bits per heavy atom. The maximum atomic E-state index is 12.5. The topological polar surface area (TPSA) is 66.6 Å². The van der Waals surface area contributed by atoms with Gasteiger partial charge in [0.15, 0.2) is 0 Å². The molecule has 0 aliphatic carbocycles. The summed E-state index contributed by atoms with van der Waals surface area (Å²) in [7, 11) is 0. The van der Waals surface area contributed by atoms with Crippen LogP contribution in [0.1, 0.15) is 30.4 Å². The van der Waals surface area contributed by atoms with E-state index in [1.165, 1.54) is 5.56 Å². The third-order valence-electron chi connectivity index (χ3n) is 4.89. The monoisotopic (exact) mass is 328 g/mol. The number of carbonyl (C=O) groups is 1. The van der Waals surface area contributed by atoms with E-state index >= 15 is 0 Å². The molecule has 1 aliphatic heterocycles. The second-order valence-electron chi connectivity index (χ2n) is 6.94. The number of amides is 1. The third kappa shape index (κ3) is 3.85. The standard InChI is InChI=1S/C19H24N2O3/c1-14-10-17(24-20-14)12-18(22)21-9-8-19(2,23)16(13-21)11-15-6-4-3-5-7-15/h3-7,10,16,23H,8-9,11-13H2,1-2H3/t16-,19+/m0/s1. The molecule has 0 saturated carbocycles. The number of hydrogen-bond donors (Lipinski definition) is 1. The zero-order valence-electron chi connectivity index (χ0n) is 14.2. The fraction of sp³-hybridized carbons (Fsp3) is 0.474. The maximum Gasteiger partial charge on any atom is 0.230 e. The SMILES string of the molecule is Cc1cc(CC(=O)N2CC[C@@](C)(O)[C@@H](Cc3ccccc3)C2)on1. The third-order valence-corrected chi connectivity index (χ3v) is 4.89. The average molecular weight is 328 g/mol. The van der Waals surface area contributed by atoms with Gasteiger partial charge in [-0.3, -0.25) is 4.79 Å². The lowest BCUT2D eigenvalue weighted by molar-refractivity contribution is -0.138.